The van der Waals surface area contributed by atoms with E-state index in [-0.39, 0.29) is 5.75 Å². The maximum Gasteiger partial charge on any atom is 0.134 e. The Morgan fingerprint density at radius 2 is 1.82 bits per heavy atom. The van der Waals surface area contributed by atoms with Crippen molar-refractivity contribution in [3.8, 4) is 22.6 Å². The summed E-state index contributed by atoms with van der Waals surface area (Å²) in [6.07, 6.45) is 0. The summed E-state index contributed by atoms with van der Waals surface area (Å²) in [4.78, 5) is 0. The van der Waals surface area contributed by atoms with Crippen LogP contribution < -0.4 is 10.5 Å². The largest absolute Gasteiger partial charge is 0.508 e. The number of benzene rings is 2. The number of phenolic OH excluding ortho intramolecular Hbond substituents is 1. The molecule has 2 aromatic rings. The zero-order valence-corrected chi connectivity index (χ0v) is 9.27. The fourth-order valence-electron chi connectivity index (χ4n) is 1.64. The molecule has 0 bridgehead atoms. The Hall–Kier alpha value is -2.23. The van der Waals surface area contributed by atoms with E-state index in [0.717, 1.165) is 6.07 Å². The van der Waals surface area contributed by atoms with Gasteiger partial charge in [0.05, 0.1) is 7.11 Å². The summed E-state index contributed by atoms with van der Waals surface area (Å²) < 4.78 is 18.7. The highest BCUT2D eigenvalue weighted by atomic mass is 19.1. The van der Waals surface area contributed by atoms with E-state index in [1.165, 1.54) is 19.2 Å². The molecule has 0 atom stereocenters. The standard InChI is InChI=1S/C13H12FNO2/c1-17-9-3-5-11(13(15)7-9)10-4-2-8(16)6-12(10)14/h2-7,16H,15H2,1H3. The molecule has 4 heteroatoms. The highest BCUT2D eigenvalue weighted by Gasteiger charge is 2.09. The topological polar surface area (TPSA) is 55.5 Å². The van der Waals surface area contributed by atoms with Crippen LogP contribution in [0.3, 0.4) is 0 Å². The average Bonchev–Trinajstić information content (AvgIpc) is 2.30. The van der Waals surface area contributed by atoms with Gasteiger partial charge in [-0.3, -0.25) is 0 Å². The van der Waals surface area contributed by atoms with Crippen molar-refractivity contribution in [1.82, 2.24) is 0 Å². The Morgan fingerprint density at radius 1 is 1.12 bits per heavy atom. The molecule has 0 amide bonds. The van der Waals surface area contributed by atoms with Gasteiger partial charge in [-0.1, -0.05) is 0 Å². The van der Waals surface area contributed by atoms with Crippen LogP contribution in [-0.4, -0.2) is 12.2 Å². The molecular weight excluding hydrogens is 221 g/mol. The predicted molar refractivity (Wildman–Crippen MR) is 64.5 cm³/mol. The second-order valence-corrected chi connectivity index (χ2v) is 3.62. The summed E-state index contributed by atoms with van der Waals surface area (Å²) in [6, 6.07) is 8.98. The number of phenols is 1. The molecule has 88 valence electrons. The van der Waals surface area contributed by atoms with Crippen LogP contribution in [-0.2, 0) is 0 Å². The van der Waals surface area contributed by atoms with Crippen molar-refractivity contribution in [2.45, 2.75) is 0 Å². The molecule has 0 aliphatic heterocycles. The maximum atomic E-state index is 13.7. The van der Waals surface area contributed by atoms with Crippen LogP contribution in [0.4, 0.5) is 10.1 Å². The normalized spacial score (nSPS) is 10.2. The average molecular weight is 233 g/mol. The summed E-state index contributed by atoms with van der Waals surface area (Å²) >= 11 is 0. The fraction of sp³-hybridized carbons (Fsp3) is 0.0769. The van der Waals surface area contributed by atoms with E-state index in [0.29, 0.717) is 22.6 Å². The highest BCUT2D eigenvalue weighted by Crippen LogP contribution is 2.32. The summed E-state index contributed by atoms with van der Waals surface area (Å²) in [7, 11) is 1.54. The van der Waals surface area contributed by atoms with Crippen LogP contribution >= 0.6 is 0 Å². The lowest BCUT2D eigenvalue weighted by Crippen LogP contribution is -1.93. The molecule has 17 heavy (non-hydrogen) atoms. The van der Waals surface area contributed by atoms with Crippen LogP contribution in [0, 0.1) is 5.82 Å². The minimum absolute atomic E-state index is 0.113. The first-order valence-electron chi connectivity index (χ1n) is 5.04. The molecule has 0 saturated heterocycles. The Balaban J connectivity index is 2.53. The van der Waals surface area contributed by atoms with E-state index >= 15 is 0 Å². The van der Waals surface area contributed by atoms with Crippen molar-refractivity contribution in [1.29, 1.82) is 0 Å². The van der Waals surface area contributed by atoms with Crippen LogP contribution in [0.25, 0.3) is 11.1 Å². The Kier molecular flexibility index (Phi) is 2.87. The molecule has 0 unspecified atom stereocenters. The van der Waals surface area contributed by atoms with Gasteiger partial charge in [-0.2, -0.15) is 0 Å². The Morgan fingerprint density at radius 3 is 2.41 bits per heavy atom. The second-order valence-electron chi connectivity index (χ2n) is 3.62. The van der Waals surface area contributed by atoms with Crippen molar-refractivity contribution < 1.29 is 14.2 Å². The number of hydrogen-bond acceptors (Lipinski definition) is 3. The number of methoxy groups -OCH3 is 1. The van der Waals surface area contributed by atoms with Crippen molar-refractivity contribution in [2.75, 3.05) is 12.8 Å². The second kappa shape index (κ2) is 4.33. The summed E-state index contributed by atoms with van der Waals surface area (Å²) in [5.74, 6) is -0.00867. The molecular formula is C13H12FNO2. The van der Waals surface area contributed by atoms with Gasteiger partial charge in [0.2, 0.25) is 0 Å². The van der Waals surface area contributed by atoms with E-state index in [4.69, 9.17) is 15.6 Å². The van der Waals surface area contributed by atoms with Crippen molar-refractivity contribution in [3.05, 3.63) is 42.2 Å². The molecule has 3 nitrogen and oxygen atoms in total. The monoisotopic (exact) mass is 233 g/mol. The number of aromatic hydroxyl groups is 1. The van der Waals surface area contributed by atoms with Gasteiger partial charge in [0.1, 0.15) is 17.3 Å². The van der Waals surface area contributed by atoms with E-state index in [1.807, 2.05) is 0 Å². The van der Waals surface area contributed by atoms with Gasteiger partial charge < -0.3 is 15.6 Å². The summed E-state index contributed by atoms with van der Waals surface area (Å²) in [5, 5.41) is 9.14. The van der Waals surface area contributed by atoms with E-state index in [9.17, 15) is 4.39 Å². The van der Waals surface area contributed by atoms with Crippen molar-refractivity contribution in [2.24, 2.45) is 0 Å². The first-order chi connectivity index (χ1) is 8.11. The lowest BCUT2D eigenvalue weighted by molar-refractivity contribution is 0.415. The molecule has 3 N–H and O–H groups in total. The first kappa shape index (κ1) is 11.3. The molecule has 0 fully saturated rings. The first-order valence-corrected chi connectivity index (χ1v) is 5.04. The third kappa shape index (κ3) is 2.15. The predicted octanol–water partition coefficient (Wildman–Crippen LogP) is 2.79. The number of ether oxygens (including phenoxy) is 1. The van der Waals surface area contributed by atoms with Gasteiger partial charge in [0.25, 0.3) is 0 Å². The summed E-state index contributed by atoms with van der Waals surface area (Å²) in [5.41, 5.74) is 7.17. The van der Waals surface area contributed by atoms with Gasteiger partial charge in [0, 0.05) is 28.9 Å². The van der Waals surface area contributed by atoms with E-state index in [1.54, 1.807) is 18.2 Å². The fourth-order valence-corrected chi connectivity index (χ4v) is 1.64. The maximum absolute atomic E-state index is 13.7. The lowest BCUT2D eigenvalue weighted by atomic mass is 10.0. The summed E-state index contributed by atoms with van der Waals surface area (Å²) in [6.45, 7) is 0. The Labute approximate surface area is 98.3 Å². The van der Waals surface area contributed by atoms with Gasteiger partial charge >= 0.3 is 0 Å². The number of nitrogens with two attached hydrogens (primary N) is 1. The zero-order valence-electron chi connectivity index (χ0n) is 9.27. The number of anilines is 1. The molecule has 0 aliphatic rings. The molecule has 0 aromatic heterocycles. The van der Waals surface area contributed by atoms with Crippen LogP contribution in [0.2, 0.25) is 0 Å². The van der Waals surface area contributed by atoms with E-state index in [2.05, 4.69) is 0 Å². The van der Waals surface area contributed by atoms with Crippen LogP contribution in [0.5, 0.6) is 11.5 Å². The molecule has 0 radical (unpaired) electrons. The lowest BCUT2D eigenvalue weighted by Gasteiger charge is -2.09. The van der Waals surface area contributed by atoms with Gasteiger partial charge in [-0.15, -0.1) is 0 Å². The number of halogens is 1. The molecule has 2 aromatic carbocycles. The zero-order chi connectivity index (χ0) is 12.4. The SMILES string of the molecule is COc1ccc(-c2ccc(O)cc2F)c(N)c1. The number of rotatable bonds is 2. The van der Waals surface area contributed by atoms with Gasteiger partial charge in [-0.05, 0) is 24.3 Å². The van der Waals surface area contributed by atoms with Crippen LogP contribution in [0.1, 0.15) is 0 Å². The highest BCUT2D eigenvalue weighted by molar-refractivity contribution is 5.78. The van der Waals surface area contributed by atoms with Gasteiger partial charge in [0.15, 0.2) is 0 Å². The minimum Gasteiger partial charge on any atom is -0.508 e. The minimum atomic E-state index is -0.512. The van der Waals surface area contributed by atoms with Gasteiger partial charge in [-0.25, -0.2) is 4.39 Å². The number of hydrogen-bond donors (Lipinski definition) is 2. The quantitative estimate of drug-likeness (QED) is 0.784. The molecule has 0 spiro atoms. The molecule has 2 rings (SSSR count). The van der Waals surface area contributed by atoms with Crippen molar-refractivity contribution in [3.63, 3.8) is 0 Å². The molecule has 0 heterocycles. The number of nitrogen functional groups attached to an aromatic ring is 1. The van der Waals surface area contributed by atoms with Crippen LogP contribution in [0.15, 0.2) is 36.4 Å². The smallest absolute Gasteiger partial charge is 0.134 e. The molecule has 0 saturated carbocycles. The van der Waals surface area contributed by atoms with E-state index < -0.39 is 5.82 Å². The van der Waals surface area contributed by atoms with Crippen molar-refractivity contribution >= 4 is 5.69 Å². The third-order valence-electron chi connectivity index (χ3n) is 2.50. The Bertz CT molecular complexity index is 555. The third-order valence-corrected chi connectivity index (χ3v) is 2.50. The molecule has 0 aliphatic carbocycles.